The molecule has 0 radical (unpaired) electrons. The van der Waals surface area contributed by atoms with Gasteiger partial charge in [0.2, 0.25) is 0 Å². The molecule has 2 atom stereocenters. The highest BCUT2D eigenvalue weighted by molar-refractivity contribution is 5.76. The summed E-state index contributed by atoms with van der Waals surface area (Å²) in [6, 6.07) is 3.89. The number of urea groups is 2. The van der Waals surface area contributed by atoms with Gasteiger partial charge in [-0.2, -0.15) is 5.26 Å². The Balaban J connectivity index is 1.68. The van der Waals surface area contributed by atoms with E-state index in [0.29, 0.717) is 38.4 Å². The van der Waals surface area contributed by atoms with Crippen LogP contribution in [0.5, 0.6) is 5.75 Å². The molecule has 34 heavy (non-hydrogen) atoms. The number of halogens is 4. The molecule has 1 saturated heterocycles. The van der Waals surface area contributed by atoms with Gasteiger partial charge in [-0.15, -0.1) is 13.2 Å². The lowest BCUT2D eigenvalue weighted by Gasteiger charge is -2.42. The first-order valence-electron chi connectivity index (χ1n) is 11.0. The van der Waals surface area contributed by atoms with E-state index in [9.17, 15) is 27.2 Å². The lowest BCUT2D eigenvalue weighted by molar-refractivity contribution is -0.274. The van der Waals surface area contributed by atoms with Gasteiger partial charge in [-0.1, -0.05) is 6.07 Å². The molecule has 2 aliphatic rings. The molecule has 0 spiro atoms. The van der Waals surface area contributed by atoms with Gasteiger partial charge in [0.05, 0.1) is 12.1 Å². The van der Waals surface area contributed by atoms with Gasteiger partial charge in [0.1, 0.15) is 11.6 Å². The fourth-order valence-electron chi connectivity index (χ4n) is 4.29. The Morgan fingerprint density at radius 2 is 2.00 bits per heavy atom. The second kappa shape index (κ2) is 10.8. The van der Waals surface area contributed by atoms with Gasteiger partial charge in [0.15, 0.2) is 0 Å². The van der Waals surface area contributed by atoms with E-state index in [1.54, 1.807) is 9.80 Å². The molecule has 1 aliphatic heterocycles. The Bertz CT molecular complexity index is 932. The number of nitrogens with one attached hydrogen (secondary N) is 2. The molecule has 2 N–H and O–H groups in total. The fraction of sp³-hybridized carbons (Fsp3) is 0.591. The number of carbonyl (C=O) groups excluding carboxylic acids is 2. The van der Waals surface area contributed by atoms with Crippen molar-refractivity contribution >= 4 is 12.1 Å². The van der Waals surface area contributed by atoms with E-state index in [1.165, 1.54) is 7.05 Å². The first kappa shape index (κ1) is 25.4. The molecular weight excluding hydrogens is 458 g/mol. The summed E-state index contributed by atoms with van der Waals surface area (Å²) in [5.41, 5.74) is 0.0150. The zero-order chi connectivity index (χ0) is 24.9. The minimum Gasteiger partial charge on any atom is -0.406 e. The van der Waals surface area contributed by atoms with Crippen molar-refractivity contribution in [3.63, 3.8) is 0 Å². The van der Waals surface area contributed by atoms with E-state index in [0.717, 1.165) is 25.0 Å². The summed E-state index contributed by atoms with van der Waals surface area (Å²) in [6.07, 6.45) is -1.72. The maximum Gasteiger partial charge on any atom is 0.573 e. The van der Waals surface area contributed by atoms with Crippen LogP contribution >= 0.6 is 0 Å². The smallest absolute Gasteiger partial charge is 0.406 e. The summed E-state index contributed by atoms with van der Waals surface area (Å²) in [5, 5.41) is 14.2. The van der Waals surface area contributed by atoms with Crippen LogP contribution in [0.1, 0.15) is 37.7 Å². The van der Waals surface area contributed by atoms with Gasteiger partial charge >= 0.3 is 18.4 Å². The lowest BCUT2D eigenvalue weighted by atomic mass is 9.89. The quantitative estimate of drug-likeness (QED) is 0.575. The number of rotatable bonds is 7. The fourth-order valence-corrected chi connectivity index (χ4v) is 4.29. The van der Waals surface area contributed by atoms with Gasteiger partial charge in [-0.3, -0.25) is 0 Å². The summed E-state index contributed by atoms with van der Waals surface area (Å²) in [4.78, 5) is 28.7. The van der Waals surface area contributed by atoms with E-state index >= 15 is 0 Å². The Morgan fingerprint density at radius 1 is 1.26 bits per heavy atom. The van der Waals surface area contributed by atoms with Gasteiger partial charge in [0, 0.05) is 50.8 Å². The third kappa shape index (κ3) is 6.88. The highest BCUT2D eigenvalue weighted by atomic mass is 19.4. The molecule has 1 heterocycles. The second-order valence-corrected chi connectivity index (χ2v) is 8.51. The van der Waals surface area contributed by atoms with Gasteiger partial charge in [-0.25, -0.2) is 14.0 Å². The van der Waals surface area contributed by atoms with Gasteiger partial charge < -0.3 is 25.2 Å². The zero-order valence-corrected chi connectivity index (χ0v) is 18.7. The maximum absolute atomic E-state index is 14.3. The van der Waals surface area contributed by atoms with E-state index in [-0.39, 0.29) is 36.1 Å². The summed E-state index contributed by atoms with van der Waals surface area (Å²) < 4.78 is 54.9. The molecule has 3 rings (SSSR count). The number of alkyl halides is 3. The van der Waals surface area contributed by atoms with Gasteiger partial charge in [-0.05, 0) is 37.7 Å². The van der Waals surface area contributed by atoms with E-state index in [2.05, 4.69) is 21.4 Å². The minimum absolute atomic E-state index is 0.00124. The van der Waals surface area contributed by atoms with Crippen molar-refractivity contribution < 1.29 is 31.9 Å². The van der Waals surface area contributed by atoms with Crippen LogP contribution in [0, 0.1) is 23.1 Å². The highest BCUT2D eigenvalue weighted by Gasteiger charge is 2.41. The Morgan fingerprint density at radius 3 is 2.59 bits per heavy atom. The van der Waals surface area contributed by atoms with E-state index < -0.39 is 24.0 Å². The SMILES string of the molecule is CNC(=O)N1CC(N(C(=O)NCc2ccc(OC(F)(F)F)cc2F)C2CC2)C[C@H](CCC#N)C1. The van der Waals surface area contributed by atoms with Crippen molar-refractivity contribution in [3.05, 3.63) is 29.6 Å². The molecule has 12 heteroatoms. The molecule has 0 aromatic heterocycles. The summed E-state index contributed by atoms with van der Waals surface area (Å²) in [7, 11) is 1.53. The Kier molecular flexibility index (Phi) is 8.06. The number of ether oxygens (including phenoxy) is 1. The van der Waals surface area contributed by atoms with Crippen molar-refractivity contribution in [2.24, 2.45) is 5.92 Å². The largest absolute Gasteiger partial charge is 0.573 e. The van der Waals surface area contributed by atoms with Crippen LogP contribution in [0.4, 0.5) is 27.2 Å². The third-order valence-electron chi connectivity index (χ3n) is 5.94. The molecule has 1 aromatic carbocycles. The van der Waals surface area contributed by atoms with Crippen molar-refractivity contribution in [1.29, 1.82) is 5.26 Å². The van der Waals surface area contributed by atoms with Crippen LogP contribution in [0.2, 0.25) is 0 Å². The number of hydrogen-bond acceptors (Lipinski definition) is 4. The zero-order valence-electron chi connectivity index (χ0n) is 18.7. The molecule has 2 fully saturated rings. The molecule has 1 unspecified atom stereocenters. The minimum atomic E-state index is -4.93. The topological polar surface area (TPSA) is 97.7 Å². The van der Waals surface area contributed by atoms with Crippen LogP contribution < -0.4 is 15.4 Å². The normalized spacial score (nSPS) is 20.3. The summed E-state index contributed by atoms with van der Waals surface area (Å²) in [6.45, 7) is 0.615. The van der Waals surface area contributed by atoms with E-state index in [4.69, 9.17) is 5.26 Å². The van der Waals surface area contributed by atoms with Crippen LogP contribution in [-0.4, -0.2) is 60.4 Å². The molecule has 186 valence electrons. The number of nitrogens with zero attached hydrogens (tertiary/aromatic N) is 3. The van der Waals surface area contributed by atoms with Crippen molar-refractivity contribution in [2.45, 2.75) is 57.1 Å². The molecule has 1 aliphatic carbocycles. The number of carbonyl (C=O) groups is 2. The molecule has 1 saturated carbocycles. The monoisotopic (exact) mass is 485 g/mol. The standard InChI is InChI=1S/C22H27F4N5O3/c1-28-20(32)30-12-14(3-2-8-27)9-17(13-30)31(16-5-6-16)21(33)29-11-15-4-7-18(10-19(15)23)34-22(24,25)26/h4,7,10,14,16-17H,2-3,5-6,9,11-13H2,1H3,(H,28,32)(H,29,33)/t14-,17?/m0/s1. The molecule has 0 bridgehead atoms. The van der Waals surface area contributed by atoms with Crippen molar-refractivity contribution in [3.8, 4) is 11.8 Å². The van der Waals surface area contributed by atoms with Crippen LogP contribution in [0.3, 0.4) is 0 Å². The highest BCUT2D eigenvalue weighted by Crippen LogP contribution is 2.34. The number of benzene rings is 1. The first-order chi connectivity index (χ1) is 16.1. The van der Waals surface area contributed by atoms with Crippen LogP contribution in [0.15, 0.2) is 18.2 Å². The summed E-state index contributed by atoms with van der Waals surface area (Å²) in [5.74, 6) is -1.55. The number of nitriles is 1. The number of hydrogen-bond donors (Lipinski definition) is 2. The number of likely N-dealkylation sites (tertiary alicyclic amines) is 1. The first-order valence-corrected chi connectivity index (χ1v) is 11.0. The van der Waals surface area contributed by atoms with Crippen molar-refractivity contribution in [2.75, 3.05) is 20.1 Å². The van der Waals surface area contributed by atoms with Crippen molar-refractivity contribution in [1.82, 2.24) is 20.4 Å². The van der Waals surface area contributed by atoms with Crippen LogP contribution in [0.25, 0.3) is 0 Å². The Labute approximate surface area is 194 Å². The third-order valence-corrected chi connectivity index (χ3v) is 5.94. The average Bonchev–Trinajstić information content (AvgIpc) is 3.60. The summed E-state index contributed by atoms with van der Waals surface area (Å²) >= 11 is 0. The maximum atomic E-state index is 14.3. The lowest BCUT2D eigenvalue weighted by Crippen LogP contribution is -2.58. The Hall–Kier alpha value is -3.23. The predicted molar refractivity (Wildman–Crippen MR) is 113 cm³/mol. The van der Waals surface area contributed by atoms with E-state index in [1.807, 2.05) is 0 Å². The molecular formula is C22H27F4N5O3. The second-order valence-electron chi connectivity index (χ2n) is 8.51. The number of piperidine rings is 1. The van der Waals surface area contributed by atoms with Crippen LogP contribution in [-0.2, 0) is 6.54 Å². The predicted octanol–water partition coefficient (Wildman–Crippen LogP) is 3.73. The van der Waals surface area contributed by atoms with Gasteiger partial charge in [0.25, 0.3) is 0 Å². The molecule has 4 amide bonds. The molecule has 8 nitrogen and oxygen atoms in total. The molecule has 1 aromatic rings. The number of amides is 4. The average molecular weight is 485 g/mol.